The van der Waals surface area contributed by atoms with Crippen LogP contribution in [0.3, 0.4) is 0 Å². The fourth-order valence-corrected chi connectivity index (χ4v) is 2.43. The third-order valence-electron chi connectivity index (χ3n) is 3.86. The summed E-state index contributed by atoms with van der Waals surface area (Å²) in [6.07, 6.45) is -0.560. The standard InChI is InChI=1S/C20H25NO2/c1-13(2)17-8-6-7-9-18(17)21-20(22)16(5)23-19-12-14(3)10-11-15(19)4/h6-13,16H,1-5H3,(H,21,22)/t16-/m1/s1. The number of aryl methyl sites for hydroxylation is 2. The molecule has 0 heterocycles. The van der Waals surface area contributed by atoms with Gasteiger partial charge in [0.1, 0.15) is 5.75 Å². The summed E-state index contributed by atoms with van der Waals surface area (Å²) < 4.78 is 5.85. The number of carbonyl (C=O) groups is 1. The molecule has 3 nitrogen and oxygen atoms in total. The van der Waals surface area contributed by atoms with Crippen LogP contribution in [-0.4, -0.2) is 12.0 Å². The van der Waals surface area contributed by atoms with Crippen molar-refractivity contribution in [2.75, 3.05) is 5.32 Å². The molecule has 122 valence electrons. The van der Waals surface area contributed by atoms with Gasteiger partial charge in [0.15, 0.2) is 6.10 Å². The summed E-state index contributed by atoms with van der Waals surface area (Å²) in [5, 5.41) is 2.98. The number of benzene rings is 2. The highest BCUT2D eigenvalue weighted by Gasteiger charge is 2.17. The molecule has 2 rings (SSSR count). The molecule has 0 saturated heterocycles. The third-order valence-corrected chi connectivity index (χ3v) is 3.86. The van der Waals surface area contributed by atoms with Crippen molar-refractivity contribution in [2.45, 2.75) is 46.6 Å². The van der Waals surface area contributed by atoms with E-state index in [1.54, 1.807) is 6.92 Å². The van der Waals surface area contributed by atoms with Crippen molar-refractivity contribution in [1.29, 1.82) is 0 Å². The molecule has 1 N–H and O–H groups in total. The summed E-state index contributed by atoms with van der Waals surface area (Å²) in [6, 6.07) is 13.9. The van der Waals surface area contributed by atoms with Gasteiger partial charge in [-0.1, -0.05) is 44.2 Å². The van der Waals surface area contributed by atoms with Crippen LogP contribution < -0.4 is 10.1 Å². The topological polar surface area (TPSA) is 38.3 Å². The molecule has 0 bridgehead atoms. The molecular weight excluding hydrogens is 286 g/mol. The first-order valence-corrected chi connectivity index (χ1v) is 8.02. The van der Waals surface area contributed by atoms with E-state index >= 15 is 0 Å². The molecule has 0 saturated carbocycles. The Morgan fingerprint density at radius 1 is 1.04 bits per heavy atom. The molecule has 2 aromatic rings. The number of carbonyl (C=O) groups excluding carboxylic acids is 1. The van der Waals surface area contributed by atoms with E-state index < -0.39 is 6.10 Å². The number of hydrogen-bond acceptors (Lipinski definition) is 2. The van der Waals surface area contributed by atoms with Gasteiger partial charge in [0.2, 0.25) is 0 Å². The summed E-state index contributed by atoms with van der Waals surface area (Å²) in [5.74, 6) is 0.963. The number of para-hydroxylation sites is 1. The first-order valence-electron chi connectivity index (χ1n) is 8.02. The van der Waals surface area contributed by atoms with Crippen LogP contribution in [0.1, 0.15) is 43.4 Å². The molecule has 0 fully saturated rings. The molecule has 2 aromatic carbocycles. The van der Waals surface area contributed by atoms with E-state index in [2.05, 4.69) is 19.2 Å². The zero-order valence-corrected chi connectivity index (χ0v) is 14.5. The van der Waals surface area contributed by atoms with Gasteiger partial charge in [0.05, 0.1) is 0 Å². The normalized spacial score (nSPS) is 12.1. The fraction of sp³-hybridized carbons (Fsp3) is 0.350. The average molecular weight is 311 g/mol. The molecule has 1 amide bonds. The van der Waals surface area contributed by atoms with Crippen LogP contribution in [-0.2, 0) is 4.79 Å². The van der Waals surface area contributed by atoms with Crippen molar-refractivity contribution in [3.8, 4) is 5.75 Å². The molecule has 0 aliphatic rings. The van der Waals surface area contributed by atoms with E-state index in [1.165, 1.54) is 0 Å². The maximum Gasteiger partial charge on any atom is 0.265 e. The monoisotopic (exact) mass is 311 g/mol. The lowest BCUT2D eigenvalue weighted by Crippen LogP contribution is -2.30. The maximum absolute atomic E-state index is 12.5. The summed E-state index contributed by atoms with van der Waals surface area (Å²) in [4.78, 5) is 12.5. The molecule has 3 heteroatoms. The molecule has 0 aliphatic heterocycles. The second-order valence-corrected chi connectivity index (χ2v) is 6.26. The number of amides is 1. The zero-order chi connectivity index (χ0) is 17.0. The van der Waals surface area contributed by atoms with E-state index in [0.717, 1.165) is 28.1 Å². The van der Waals surface area contributed by atoms with Crippen LogP contribution in [0.2, 0.25) is 0 Å². The van der Waals surface area contributed by atoms with Crippen molar-refractivity contribution in [1.82, 2.24) is 0 Å². The van der Waals surface area contributed by atoms with E-state index in [1.807, 2.05) is 56.3 Å². The minimum Gasteiger partial charge on any atom is -0.481 e. The SMILES string of the molecule is Cc1ccc(C)c(O[C@H](C)C(=O)Nc2ccccc2C(C)C)c1. The van der Waals surface area contributed by atoms with Crippen LogP contribution in [0, 0.1) is 13.8 Å². The van der Waals surface area contributed by atoms with Gasteiger partial charge in [-0.05, 0) is 55.5 Å². The van der Waals surface area contributed by atoms with Gasteiger partial charge >= 0.3 is 0 Å². The summed E-state index contributed by atoms with van der Waals surface area (Å²) in [5.41, 5.74) is 4.12. The van der Waals surface area contributed by atoms with E-state index in [0.29, 0.717) is 5.92 Å². The molecule has 0 aliphatic carbocycles. The molecule has 23 heavy (non-hydrogen) atoms. The van der Waals surface area contributed by atoms with Gasteiger partial charge in [-0.3, -0.25) is 4.79 Å². The number of rotatable bonds is 5. The quantitative estimate of drug-likeness (QED) is 0.858. The van der Waals surface area contributed by atoms with Crippen molar-refractivity contribution < 1.29 is 9.53 Å². The fourth-order valence-electron chi connectivity index (χ4n) is 2.43. The first kappa shape index (κ1) is 17.1. The third kappa shape index (κ3) is 4.35. The molecule has 0 unspecified atom stereocenters. The molecule has 0 spiro atoms. The Hall–Kier alpha value is -2.29. The van der Waals surface area contributed by atoms with Gasteiger partial charge in [0.25, 0.3) is 5.91 Å². The predicted molar refractivity (Wildman–Crippen MR) is 95.2 cm³/mol. The van der Waals surface area contributed by atoms with Crippen molar-refractivity contribution in [2.24, 2.45) is 0 Å². The Bertz CT molecular complexity index is 692. The van der Waals surface area contributed by atoms with Crippen LogP contribution in [0.25, 0.3) is 0 Å². The smallest absolute Gasteiger partial charge is 0.265 e. The van der Waals surface area contributed by atoms with Gasteiger partial charge in [-0.25, -0.2) is 0 Å². The highest BCUT2D eigenvalue weighted by atomic mass is 16.5. The van der Waals surface area contributed by atoms with E-state index in [9.17, 15) is 4.79 Å². The molecule has 1 atom stereocenters. The van der Waals surface area contributed by atoms with Gasteiger partial charge in [0, 0.05) is 5.69 Å². The van der Waals surface area contributed by atoms with Crippen molar-refractivity contribution >= 4 is 11.6 Å². The predicted octanol–water partition coefficient (Wildman–Crippen LogP) is 4.83. The number of ether oxygens (including phenoxy) is 1. The van der Waals surface area contributed by atoms with Crippen molar-refractivity contribution in [3.63, 3.8) is 0 Å². The largest absolute Gasteiger partial charge is 0.481 e. The van der Waals surface area contributed by atoms with Crippen LogP contribution in [0.5, 0.6) is 5.75 Å². The Balaban J connectivity index is 2.10. The lowest BCUT2D eigenvalue weighted by molar-refractivity contribution is -0.122. The molecule has 0 aromatic heterocycles. The second kappa shape index (κ2) is 7.32. The molecule has 0 radical (unpaired) electrons. The number of hydrogen-bond donors (Lipinski definition) is 1. The minimum atomic E-state index is -0.560. The lowest BCUT2D eigenvalue weighted by atomic mass is 10.0. The zero-order valence-electron chi connectivity index (χ0n) is 14.5. The Kier molecular flexibility index (Phi) is 5.43. The number of nitrogens with one attached hydrogen (secondary N) is 1. The van der Waals surface area contributed by atoms with Crippen LogP contribution >= 0.6 is 0 Å². The summed E-state index contributed by atoms with van der Waals surface area (Å²) in [7, 11) is 0. The Morgan fingerprint density at radius 2 is 1.74 bits per heavy atom. The second-order valence-electron chi connectivity index (χ2n) is 6.26. The first-order chi connectivity index (χ1) is 10.9. The Morgan fingerprint density at radius 3 is 2.43 bits per heavy atom. The number of anilines is 1. The van der Waals surface area contributed by atoms with Gasteiger partial charge in [-0.2, -0.15) is 0 Å². The highest BCUT2D eigenvalue weighted by molar-refractivity contribution is 5.94. The van der Waals surface area contributed by atoms with Crippen molar-refractivity contribution in [3.05, 3.63) is 59.2 Å². The average Bonchev–Trinajstić information content (AvgIpc) is 2.51. The van der Waals surface area contributed by atoms with Crippen LogP contribution in [0.15, 0.2) is 42.5 Å². The highest BCUT2D eigenvalue weighted by Crippen LogP contribution is 2.25. The maximum atomic E-state index is 12.5. The minimum absolute atomic E-state index is 0.140. The van der Waals surface area contributed by atoms with E-state index in [4.69, 9.17) is 4.74 Å². The van der Waals surface area contributed by atoms with Gasteiger partial charge < -0.3 is 10.1 Å². The van der Waals surface area contributed by atoms with Gasteiger partial charge in [-0.15, -0.1) is 0 Å². The summed E-state index contributed by atoms with van der Waals surface area (Å²) in [6.45, 7) is 9.99. The molecular formula is C20H25NO2. The Labute approximate surface area is 138 Å². The lowest BCUT2D eigenvalue weighted by Gasteiger charge is -2.19. The van der Waals surface area contributed by atoms with E-state index in [-0.39, 0.29) is 5.91 Å². The summed E-state index contributed by atoms with van der Waals surface area (Å²) >= 11 is 0. The van der Waals surface area contributed by atoms with Crippen LogP contribution in [0.4, 0.5) is 5.69 Å².